The summed E-state index contributed by atoms with van der Waals surface area (Å²) in [6, 6.07) is 14.0. The zero-order chi connectivity index (χ0) is 18.7. The van der Waals surface area contributed by atoms with E-state index in [2.05, 4.69) is 31.3 Å². The van der Waals surface area contributed by atoms with Crippen LogP contribution in [0, 0.1) is 5.41 Å². The van der Waals surface area contributed by atoms with Gasteiger partial charge in [0.1, 0.15) is 12.4 Å². The average Bonchev–Trinajstić information content (AvgIpc) is 2.84. The number of hydrogen-bond donors (Lipinski definition) is 2. The van der Waals surface area contributed by atoms with Crippen LogP contribution >= 0.6 is 0 Å². The highest BCUT2D eigenvalue weighted by Crippen LogP contribution is 2.46. The van der Waals surface area contributed by atoms with Crippen molar-refractivity contribution >= 4 is 6.09 Å². The number of methoxy groups -OCH3 is 1. The second-order valence-electron chi connectivity index (χ2n) is 7.33. The Bertz CT molecular complexity index is 800. The van der Waals surface area contributed by atoms with Crippen LogP contribution in [0.15, 0.2) is 42.5 Å². The van der Waals surface area contributed by atoms with Gasteiger partial charge < -0.3 is 19.9 Å². The second-order valence-corrected chi connectivity index (χ2v) is 7.33. The Labute approximate surface area is 153 Å². The third-order valence-corrected chi connectivity index (χ3v) is 4.87. The van der Waals surface area contributed by atoms with Gasteiger partial charge in [0, 0.05) is 7.11 Å². The lowest BCUT2D eigenvalue weighted by Gasteiger charge is -2.27. The fourth-order valence-corrected chi connectivity index (χ4v) is 3.64. The summed E-state index contributed by atoms with van der Waals surface area (Å²) in [6.45, 7) is 5.26. The highest BCUT2D eigenvalue weighted by molar-refractivity contribution is 5.69. The number of ether oxygens (including phenoxy) is 2. The summed E-state index contributed by atoms with van der Waals surface area (Å²) in [7, 11) is 1.65. The molecular weight excluding hydrogens is 330 g/mol. The predicted molar refractivity (Wildman–Crippen MR) is 101 cm³/mol. The summed E-state index contributed by atoms with van der Waals surface area (Å²) in [5, 5.41) is 11.8. The number of rotatable bonds is 6. The van der Waals surface area contributed by atoms with Crippen molar-refractivity contribution in [2.24, 2.45) is 5.41 Å². The van der Waals surface area contributed by atoms with E-state index in [1.54, 1.807) is 7.11 Å². The highest BCUT2D eigenvalue weighted by Gasteiger charge is 2.39. The van der Waals surface area contributed by atoms with Crippen LogP contribution in [0.4, 0.5) is 4.79 Å². The molecule has 0 saturated heterocycles. The molecule has 5 heteroatoms. The van der Waals surface area contributed by atoms with E-state index in [0.29, 0.717) is 13.2 Å². The van der Waals surface area contributed by atoms with Crippen LogP contribution in [-0.2, 0) is 11.2 Å². The number of carboxylic acid groups (broad SMARTS) is 1. The monoisotopic (exact) mass is 355 g/mol. The first-order chi connectivity index (χ1) is 12.4. The molecule has 5 nitrogen and oxygen atoms in total. The maximum Gasteiger partial charge on any atom is 0.405 e. The van der Waals surface area contributed by atoms with Crippen LogP contribution in [-0.4, -0.2) is 31.5 Å². The zero-order valence-corrected chi connectivity index (χ0v) is 15.4. The first kappa shape index (κ1) is 18.3. The highest BCUT2D eigenvalue weighted by atomic mass is 16.5. The van der Waals surface area contributed by atoms with Gasteiger partial charge >= 0.3 is 6.09 Å². The summed E-state index contributed by atoms with van der Waals surface area (Å²) >= 11 is 0. The van der Waals surface area contributed by atoms with Crippen molar-refractivity contribution in [2.45, 2.75) is 26.3 Å². The molecule has 0 saturated carbocycles. The number of amides is 1. The average molecular weight is 355 g/mol. The second kappa shape index (κ2) is 7.38. The molecular formula is C21H25NO4. The van der Waals surface area contributed by atoms with Gasteiger partial charge in [0.05, 0.1) is 12.6 Å². The summed E-state index contributed by atoms with van der Waals surface area (Å²) in [5.74, 6) is 0.811. The van der Waals surface area contributed by atoms with Crippen LogP contribution in [0.5, 0.6) is 5.75 Å². The molecule has 0 spiro atoms. The summed E-state index contributed by atoms with van der Waals surface area (Å²) in [4.78, 5) is 11.2. The largest absolute Gasteiger partial charge is 0.491 e. The lowest BCUT2D eigenvalue weighted by molar-refractivity contribution is 0.146. The van der Waals surface area contributed by atoms with Crippen LogP contribution < -0.4 is 10.1 Å². The maximum absolute atomic E-state index is 11.2. The van der Waals surface area contributed by atoms with E-state index in [4.69, 9.17) is 14.6 Å². The van der Waals surface area contributed by atoms with Gasteiger partial charge in [-0.2, -0.15) is 0 Å². The first-order valence-corrected chi connectivity index (χ1v) is 8.75. The molecule has 0 aliphatic heterocycles. The Morgan fingerprint density at radius 3 is 2.69 bits per heavy atom. The molecule has 0 aromatic heterocycles. The van der Waals surface area contributed by atoms with Crippen molar-refractivity contribution < 1.29 is 19.4 Å². The fraction of sp³-hybridized carbons (Fsp3) is 0.381. The van der Waals surface area contributed by atoms with Gasteiger partial charge in [0.2, 0.25) is 0 Å². The van der Waals surface area contributed by atoms with Crippen LogP contribution in [0.25, 0.3) is 11.1 Å². The van der Waals surface area contributed by atoms with Gasteiger partial charge in [-0.3, -0.25) is 0 Å². The quantitative estimate of drug-likeness (QED) is 0.760. The minimum atomic E-state index is -0.985. The van der Waals surface area contributed by atoms with E-state index in [9.17, 15) is 4.79 Å². The SMILES string of the molecule is COCCOc1cccc(-c2ccc3c(c2)CC(C)(C)C3NC(=O)O)c1. The summed E-state index contributed by atoms with van der Waals surface area (Å²) in [5.41, 5.74) is 4.29. The number of carbonyl (C=O) groups is 1. The molecule has 2 N–H and O–H groups in total. The molecule has 0 bridgehead atoms. The maximum atomic E-state index is 11.2. The molecule has 0 heterocycles. The molecule has 138 valence electrons. The lowest BCUT2D eigenvalue weighted by atomic mass is 9.85. The van der Waals surface area contributed by atoms with Gasteiger partial charge in [-0.1, -0.05) is 44.2 Å². The molecule has 3 rings (SSSR count). The lowest BCUT2D eigenvalue weighted by Crippen LogP contribution is -2.34. The first-order valence-electron chi connectivity index (χ1n) is 8.75. The smallest absolute Gasteiger partial charge is 0.405 e. The number of hydrogen-bond acceptors (Lipinski definition) is 3. The third kappa shape index (κ3) is 3.83. The Kier molecular flexibility index (Phi) is 5.18. The number of fused-ring (bicyclic) bond motifs is 1. The van der Waals surface area contributed by atoms with Gasteiger partial charge in [0.15, 0.2) is 0 Å². The van der Waals surface area contributed by atoms with E-state index in [-0.39, 0.29) is 11.5 Å². The number of nitrogens with one attached hydrogen (secondary N) is 1. The van der Waals surface area contributed by atoms with Crippen molar-refractivity contribution in [2.75, 3.05) is 20.3 Å². The van der Waals surface area contributed by atoms with Crippen LogP contribution in [0.2, 0.25) is 0 Å². The van der Waals surface area contributed by atoms with Crippen molar-refractivity contribution in [1.82, 2.24) is 5.32 Å². The summed E-state index contributed by atoms with van der Waals surface area (Å²) < 4.78 is 10.7. The molecule has 0 fully saturated rings. The van der Waals surface area contributed by atoms with Gasteiger partial charge in [-0.15, -0.1) is 0 Å². The molecule has 1 aliphatic rings. The van der Waals surface area contributed by atoms with E-state index < -0.39 is 6.09 Å². The van der Waals surface area contributed by atoms with E-state index in [1.807, 2.05) is 30.3 Å². The Hall–Kier alpha value is -2.53. The van der Waals surface area contributed by atoms with Crippen molar-refractivity contribution in [3.8, 4) is 16.9 Å². The van der Waals surface area contributed by atoms with Crippen molar-refractivity contribution in [3.63, 3.8) is 0 Å². The molecule has 26 heavy (non-hydrogen) atoms. The molecule has 2 aromatic carbocycles. The number of benzene rings is 2. The molecule has 0 radical (unpaired) electrons. The Balaban J connectivity index is 1.86. The fourth-order valence-electron chi connectivity index (χ4n) is 3.64. The topological polar surface area (TPSA) is 67.8 Å². The standard InChI is InChI=1S/C21H25NO4/c1-21(2)13-16-11-15(7-8-18(16)19(21)22-20(23)24)14-5-4-6-17(12-14)26-10-9-25-3/h4-8,11-12,19,22H,9-10,13H2,1-3H3,(H,23,24). The van der Waals surface area contributed by atoms with Crippen molar-refractivity contribution in [3.05, 3.63) is 53.6 Å². The van der Waals surface area contributed by atoms with Gasteiger partial charge in [0.25, 0.3) is 0 Å². The molecule has 1 atom stereocenters. The normalized spacial score (nSPS) is 17.6. The van der Waals surface area contributed by atoms with E-state index in [1.165, 1.54) is 5.56 Å². The molecule has 1 aliphatic carbocycles. The minimum absolute atomic E-state index is 0.148. The van der Waals surface area contributed by atoms with Gasteiger partial charge in [-0.25, -0.2) is 4.79 Å². The third-order valence-electron chi connectivity index (χ3n) is 4.87. The predicted octanol–water partition coefficient (Wildman–Crippen LogP) is 4.27. The summed E-state index contributed by atoms with van der Waals surface area (Å²) in [6.07, 6.45) is -0.147. The molecule has 1 unspecified atom stereocenters. The molecule has 1 amide bonds. The Morgan fingerprint density at radius 2 is 1.96 bits per heavy atom. The molecule has 2 aromatic rings. The van der Waals surface area contributed by atoms with Crippen LogP contribution in [0.1, 0.15) is 31.0 Å². The van der Waals surface area contributed by atoms with E-state index >= 15 is 0 Å². The van der Waals surface area contributed by atoms with Crippen LogP contribution in [0.3, 0.4) is 0 Å². The zero-order valence-electron chi connectivity index (χ0n) is 15.4. The Morgan fingerprint density at radius 1 is 1.19 bits per heavy atom. The van der Waals surface area contributed by atoms with Gasteiger partial charge in [-0.05, 0) is 46.2 Å². The van der Waals surface area contributed by atoms with E-state index in [0.717, 1.165) is 28.9 Å². The minimum Gasteiger partial charge on any atom is -0.491 e. The van der Waals surface area contributed by atoms with Crippen molar-refractivity contribution in [1.29, 1.82) is 0 Å².